The molecule has 0 spiro atoms. The molecule has 0 radical (unpaired) electrons. The predicted molar refractivity (Wildman–Crippen MR) is 127 cm³/mol. The van der Waals surface area contributed by atoms with Crippen LogP contribution in [-0.2, 0) is 27.8 Å². The molecule has 1 N–H and O–H groups in total. The van der Waals surface area contributed by atoms with E-state index in [2.05, 4.69) is 19.5 Å². The van der Waals surface area contributed by atoms with Crippen LogP contribution in [0.2, 0.25) is 0 Å². The van der Waals surface area contributed by atoms with Crippen LogP contribution < -0.4 is 4.72 Å². The molecule has 3 heterocycles. The van der Waals surface area contributed by atoms with E-state index in [0.29, 0.717) is 23.8 Å². The van der Waals surface area contributed by atoms with E-state index in [4.69, 9.17) is 0 Å². The summed E-state index contributed by atoms with van der Waals surface area (Å²) < 4.78 is 27.2. The van der Waals surface area contributed by atoms with Crippen LogP contribution in [0.3, 0.4) is 0 Å². The molecule has 0 atom stereocenters. The minimum absolute atomic E-state index is 0.0973. The maximum absolute atomic E-state index is 12.6. The van der Waals surface area contributed by atoms with Crippen LogP contribution >= 0.6 is 11.3 Å². The number of benzene rings is 1. The molecule has 1 saturated carbocycles. The van der Waals surface area contributed by atoms with Gasteiger partial charge in [0.25, 0.3) is 0 Å². The fourth-order valence-corrected chi connectivity index (χ4v) is 6.39. The van der Waals surface area contributed by atoms with Gasteiger partial charge in [0.15, 0.2) is 0 Å². The number of likely N-dealkylation sites (tertiary alicyclic amines) is 1. The van der Waals surface area contributed by atoms with Gasteiger partial charge in [-0.15, -0.1) is 11.3 Å². The van der Waals surface area contributed by atoms with Gasteiger partial charge in [0.1, 0.15) is 5.01 Å². The van der Waals surface area contributed by atoms with Gasteiger partial charge in [0.05, 0.1) is 11.4 Å². The minimum atomic E-state index is -3.42. The average Bonchev–Trinajstić information content (AvgIpc) is 3.43. The molecule has 10 heteroatoms. The molecule has 2 aromatic rings. The fraction of sp³-hybridized carbons (Fsp3) is 0.565. The molecule has 0 bridgehead atoms. The Balaban J connectivity index is 1.02. The third-order valence-electron chi connectivity index (χ3n) is 6.74. The summed E-state index contributed by atoms with van der Waals surface area (Å²) in [5.41, 5.74) is 0.988. The standard InChI is InChI=1S/C23H31N5O3S2/c29-23(8-3-18-1-6-21(7-2-18)33(30,31)25-19-4-5-19)28-15-20(16-28)27-12-10-26(11-13-27)17-22-24-9-14-32-22/h1-2,6-7,9,14,19-20,25H,3-5,8,10-13,15-17H2. The highest BCUT2D eigenvalue weighted by Gasteiger charge is 2.35. The van der Waals surface area contributed by atoms with Crippen LogP contribution in [0.4, 0.5) is 0 Å². The van der Waals surface area contributed by atoms with Crippen molar-refractivity contribution in [3.8, 4) is 0 Å². The zero-order valence-corrected chi connectivity index (χ0v) is 20.4. The molecule has 2 saturated heterocycles. The third kappa shape index (κ3) is 5.81. The molecule has 33 heavy (non-hydrogen) atoms. The lowest BCUT2D eigenvalue weighted by Crippen LogP contribution is -2.64. The summed E-state index contributed by atoms with van der Waals surface area (Å²) in [4.78, 5) is 24.2. The Morgan fingerprint density at radius 1 is 1.09 bits per heavy atom. The summed E-state index contributed by atoms with van der Waals surface area (Å²) in [5.74, 6) is 0.181. The zero-order chi connectivity index (χ0) is 22.8. The van der Waals surface area contributed by atoms with Crippen molar-refractivity contribution in [3.05, 3.63) is 46.4 Å². The summed E-state index contributed by atoms with van der Waals surface area (Å²) in [6, 6.07) is 7.48. The van der Waals surface area contributed by atoms with E-state index in [9.17, 15) is 13.2 Å². The molecule has 1 amide bonds. The van der Waals surface area contributed by atoms with E-state index in [1.807, 2.05) is 28.6 Å². The maximum atomic E-state index is 12.6. The summed E-state index contributed by atoms with van der Waals surface area (Å²) in [5, 5.41) is 3.20. The first-order valence-corrected chi connectivity index (χ1v) is 14.1. The lowest BCUT2D eigenvalue weighted by Gasteiger charge is -2.48. The Morgan fingerprint density at radius 3 is 2.45 bits per heavy atom. The Hall–Kier alpha value is -1.85. The number of aromatic nitrogens is 1. The molecular formula is C23H31N5O3S2. The van der Waals surface area contributed by atoms with E-state index in [0.717, 1.165) is 64.2 Å². The van der Waals surface area contributed by atoms with Gasteiger partial charge in [0, 0.05) is 69.3 Å². The first kappa shape index (κ1) is 22.9. The van der Waals surface area contributed by atoms with Crippen molar-refractivity contribution < 1.29 is 13.2 Å². The minimum Gasteiger partial charge on any atom is -0.339 e. The molecular weight excluding hydrogens is 458 g/mol. The molecule has 3 fully saturated rings. The van der Waals surface area contributed by atoms with Crippen molar-refractivity contribution in [2.75, 3.05) is 39.3 Å². The number of carbonyl (C=O) groups is 1. The van der Waals surface area contributed by atoms with E-state index in [1.165, 1.54) is 5.01 Å². The molecule has 1 aromatic heterocycles. The second-order valence-electron chi connectivity index (χ2n) is 9.23. The van der Waals surface area contributed by atoms with Crippen molar-refractivity contribution in [1.82, 2.24) is 24.4 Å². The Morgan fingerprint density at radius 2 is 1.82 bits per heavy atom. The number of hydrogen-bond acceptors (Lipinski definition) is 7. The first-order valence-electron chi connectivity index (χ1n) is 11.7. The van der Waals surface area contributed by atoms with Crippen LogP contribution in [0.1, 0.15) is 29.8 Å². The van der Waals surface area contributed by atoms with Crippen molar-refractivity contribution in [1.29, 1.82) is 0 Å². The summed E-state index contributed by atoms with van der Waals surface area (Å²) in [7, 11) is -3.42. The molecule has 1 aromatic carbocycles. The van der Waals surface area contributed by atoms with Crippen LogP contribution in [-0.4, -0.2) is 85.4 Å². The highest BCUT2D eigenvalue weighted by Crippen LogP contribution is 2.23. The number of piperazine rings is 1. The molecule has 3 aliphatic rings. The van der Waals surface area contributed by atoms with Gasteiger partial charge in [-0.1, -0.05) is 12.1 Å². The number of sulfonamides is 1. The number of amides is 1. The maximum Gasteiger partial charge on any atom is 0.240 e. The predicted octanol–water partition coefficient (Wildman–Crippen LogP) is 1.55. The largest absolute Gasteiger partial charge is 0.339 e. The van der Waals surface area contributed by atoms with Crippen LogP contribution in [0, 0.1) is 0 Å². The van der Waals surface area contributed by atoms with Gasteiger partial charge >= 0.3 is 0 Å². The smallest absolute Gasteiger partial charge is 0.240 e. The molecule has 1 aliphatic carbocycles. The Labute approximate surface area is 199 Å². The highest BCUT2D eigenvalue weighted by molar-refractivity contribution is 7.89. The number of thiazole rings is 1. The number of rotatable bonds is 9. The number of carbonyl (C=O) groups excluding carboxylic acids is 1. The van der Waals surface area contributed by atoms with E-state index in [-0.39, 0.29) is 11.9 Å². The number of hydrogen-bond donors (Lipinski definition) is 1. The van der Waals surface area contributed by atoms with Crippen molar-refractivity contribution >= 4 is 27.3 Å². The Bertz CT molecular complexity index is 1040. The second-order valence-corrected chi connectivity index (χ2v) is 11.9. The van der Waals surface area contributed by atoms with Gasteiger partial charge in [-0.25, -0.2) is 18.1 Å². The number of nitrogens with zero attached hydrogens (tertiary/aromatic N) is 4. The Kier molecular flexibility index (Phi) is 6.80. The van der Waals surface area contributed by atoms with Gasteiger partial charge in [-0.3, -0.25) is 14.6 Å². The van der Waals surface area contributed by atoms with E-state index in [1.54, 1.807) is 23.5 Å². The van der Waals surface area contributed by atoms with E-state index >= 15 is 0 Å². The zero-order valence-electron chi connectivity index (χ0n) is 18.7. The first-order chi connectivity index (χ1) is 16.0. The lowest BCUT2D eigenvalue weighted by molar-refractivity contribution is -0.139. The van der Waals surface area contributed by atoms with Crippen LogP contribution in [0.15, 0.2) is 40.7 Å². The highest BCUT2D eigenvalue weighted by atomic mass is 32.2. The molecule has 2 aliphatic heterocycles. The van der Waals surface area contributed by atoms with Crippen molar-refractivity contribution in [2.45, 2.75) is 49.2 Å². The summed E-state index contributed by atoms with van der Waals surface area (Å²) in [6.07, 6.45) is 4.79. The molecule has 178 valence electrons. The van der Waals surface area contributed by atoms with Crippen LogP contribution in [0.25, 0.3) is 0 Å². The van der Waals surface area contributed by atoms with Gasteiger partial charge in [-0.05, 0) is 37.0 Å². The topological polar surface area (TPSA) is 85.8 Å². The molecule has 0 unspecified atom stereocenters. The number of aryl methyl sites for hydroxylation is 1. The fourth-order valence-electron chi connectivity index (χ4n) is 4.43. The number of nitrogens with one attached hydrogen (secondary N) is 1. The normalized spacial score (nSPS) is 20.7. The quantitative estimate of drug-likeness (QED) is 0.575. The van der Waals surface area contributed by atoms with Crippen molar-refractivity contribution in [2.24, 2.45) is 0 Å². The SMILES string of the molecule is O=C(CCc1ccc(S(=O)(=O)NC2CC2)cc1)N1CC(N2CCN(Cc3nccs3)CC2)C1. The summed E-state index contributed by atoms with van der Waals surface area (Å²) in [6.45, 7) is 6.75. The average molecular weight is 490 g/mol. The monoisotopic (exact) mass is 489 g/mol. The third-order valence-corrected chi connectivity index (χ3v) is 9.04. The molecule has 8 nitrogen and oxygen atoms in total. The van der Waals surface area contributed by atoms with Gasteiger partial charge in [-0.2, -0.15) is 0 Å². The van der Waals surface area contributed by atoms with Gasteiger partial charge < -0.3 is 4.90 Å². The van der Waals surface area contributed by atoms with Crippen molar-refractivity contribution in [3.63, 3.8) is 0 Å². The summed E-state index contributed by atoms with van der Waals surface area (Å²) >= 11 is 1.71. The van der Waals surface area contributed by atoms with E-state index < -0.39 is 10.0 Å². The molecule has 5 rings (SSSR count). The second kappa shape index (κ2) is 9.79. The van der Waals surface area contributed by atoms with Crippen LogP contribution in [0.5, 0.6) is 0 Å². The lowest BCUT2D eigenvalue weighted by atomic mass is 10.0. The van der Waals surface area contributed by atoms with Gasteiger partial charge in [0.2, 0.25) is 15.9 Å².